The summed E-state index contributed by atoms with van der Waals surface area (Å²) in [5.74, 6) is 0. The second kappa shape index (κ2) is 2.11. The molecule has 0 bridgehead atoms. The van der Waals surface area contributed by atoms with Gasteiger partial charge in [0.15, 0.2) is 0 Å². The molecule has 0 saturated heterocycles. The van der Waals surface area contributed by atoms with Crippen molar-refractivity contribution in [2.24, 2.45) is 7.05 Å². The Morgan fingerprint density at radius 2 is 2.10 bits per heavy atom. The molecule has 0 spiro atoms. The molecule has 1 rings (SSSR count). The molecule has 1 radical (unpaired) electrons. The highest BCUT2D eigenvalue weighted by Crippen LogP contribution is 2.19. The summed E-state index contributed by atoms with van der Waals surface area (Å²) in [4.78, 5) is 0. The van der Waals surface area contributed by atoms with E-state index in [2.05, 4.69) is 32.1 Å². The molecule has 55 valence electrons. The van der Waals surface area contributed by atoms with Crippen molar-refractivity contribution in [3.05, 3.63) is 18.0 Å². The molecule has 0 aromatic carbocycles. The van der Waals surface area contributed by atoms with Crippen LogP contribution in [0.25, 0.3) is 0 Å². The van der Waals surface area contributed by atoms with Crippen molar-refractivity contribution in [3.63, 3.8) is 0 Å². The molecule has 0 unspecified atom stereocenters. The summed E-state index contributed by atoms with van der Waals surface area (Å²) in [7, 11) is 1.91. The van der Waals surface area contributed by atoms with Crippen LogP contribution in [-0.4, -0.2) is 9.78 Å². The molecule has 1 aromatic heterocycles. The van der Waals surface area contributed by atoms with E-state index in [1.54, 1.807) is 4.68 Å². The normalized spacial score (nSPS) is 12.0. The van der Waals surface area contributed by atoms with Crippen molar-refractivity contribution in [2.45, 2.75) is 26.2 Å². The van der Waals surface area contributed by atoms with Crippen LogP contribution < -0.4 is 0 Å². The van der Waals surface area contributed by atoms with Gasteiger partial charge in [-0.25, -0.2) is 0 Å². The average molecular weight is 137 g/mol. The van der Waals surface area contributed by atoms with Crippen LogP contribution in [0.15, 0.2) is 6.20 Å². The summed E-state index contributed by atoms with van der Waals surface area (Å²) in [6.07, 6.45) is 4.96. The predicted molar refractivity (Wildman–Crippen MR) is 40.7 cm³/mol. The molecule has 0 aliphatic heterocycles. The van der Waals surface area contributed by atoms with Gasteiger partial charge >= 0.3 is 0 Å². The Balaban J connectivity index is 2.96. The highest BCUT2D eigenvalue weighted by atomic mass is 15.2. The number of aryl methyl sites for hydroxylation is 1. The summed E-state index contributed by atoms with van der Waals surface area (Å²) in [6.45, 7) is 6.46. The Bertz CT molecular complexity index is 217. The second-order valence-electron chi connectivity index (χ2n) is 3.58. The first-order chi connectivity index (χ1) is 4.50. The Kier molecular flexibility index (Phi) is 1.55. The lowest BCUT2D eigenvalue weighted by Crippen LogP contribution is -2.09. The highest BCUT2D eigenvalue weighted by Gasteiger charge is 2.14. The maximum Gasteiger partial charge on any atom is 0.117 e. The molecule has 1 heterocycles. The zero-order valence-electron chi connectivity index (χ0n) is 6.97. The molecule has 1 aromatic rings. The van der Waals surface area contributed by atoms with Gasteiger partial charge in [0.05, 0.1) is 0 Å². The number of nitrogens with zero attached hydrogens (tertiary/aromatic N) is 2. The third-order valence-corrected chi connectivity index (χ3v) is 1.45. The van der Waals surface area contributed by atoms with Crippen molar-refractivity contribution >= 4 is 0 Å². The van der Waals surface area contributed by atoms with Gasteiger partial charge in [0.2, 0.25) is 0 Å². The summed E-state index contributed by atoms with van der Waals surface area (Å²) >= 11 is 0. The van der Waals surface area contributed by atoms with E-state index in [-0.39, 0.29) is 5.41 Å². The summed E-state index contributed by atoms with van der Waals surface area (Å²) in [5.41, 5.74) is 1.34. The number of hydrogen-bond acceptors (Lipinski definition) is 1. The second-order valence-corrected chi connectivity index (χ2v) is 3.58. The van der Waals surface area contributed by atoms with E-state index in [1.165, 1.54) is 0 Å². The first-order valence-corrected chi connectivity index (χ1v) is 3.42. The standard InChI is InChI=1S/C8H13N2/c1-8(2,3)7-5-9-10(4)6-7/h6H,1-4H3. The van der Waals surface area contributed by atoms with E-state index in [0.29, 0.717) is 0 Å². The first kappa shape index (κ1) is 7.32. The molecule has 10 heavy (non-hydrogen) atoms. The maximum absolute atomic E-state index is 3.97. The lowest BCUT2D eigenvalue weighted by Gasteiger charge is -2.14. The minimum Gasteiger partial charge on any atom is -0.275 e. The van der Waals surface area contributed by atoms with Crippen LogP contribution in [0.2, 0.25) is 0 Å². The minimum atomic E-state index is 0.175. The zero-order valence-corrected chi connectivity index (χ0v) is 6.97. The summed E-state index contributed by atoms with van der Waals surface area (Å²) in [6, 6.07) is 0. The largest absolute Gasteiger partial charge is 0.275 e. The molecule has 0 amide bonds. The van der Waals surface area contributed by atoms with Gasteiger partial charge in [-0.3, -0.25) is 4.68 Å². The van der Waals surface area contributed by atoms with Crippen LogP contribution in [-0.2, 0) is 12.5 Å². The molecule has 2 heteroatoms. The Morgan fingerprint density at radius 3 is 2.30 bits per heavy atom. The molecule has 0 fully saturated rings. The van der Waals surface area contributed by atoms with E-state index in [9.17, 15) is 0 Å². The fourth-order valence-electron chi connectivity index (χ4n) is 0.739. The van der Waals surface area contributed by atoms with Crippen molar-refractivity contribution in [2.75, 3.05) is 0 Å². The van der Waals surface area contributed by atoms with Gasteiger partial charge in [-0.05, 0) is 5.41 Å². The Morgan fingerprint density at radius 1 is 1.50 bits per heavy atom. The average Bonchev–Trinajstić information content (AvgIpc) is 2.11. The lowest BCUT2D eigenvalue weighted by molar-refractivity contribution is 0.588. The highest BCUT2D eigenvalue weighted by molar-refractivity contribution is 5.13. The van der Waals surface area contributed by atoms with E-state index >= 15 is 0 Å². The molecular formula is C8H13N2. The van der Waals surface area contributed by atoms with E-state index in [1.807, 2.05) is 13.2 Å². The van der Waals surface area contributed by atoms with E-state index in [4.69, 9.17) is 0 Å². The fraction of sp³-hybridized carbons (Fsp3) is 0.625. The third kappa shape index (κ3) is 1.38. The van der Waals surface area contributed by atoms with Gasteiger partial charge in [0.25, 0.3) is 0 Å². The lowest BCUT2D eigenvalue weighted by atomic mass is 9.90. The van der Waals surface area contributed by atoms with Gasteiger partial charge in [0.1, 0.15) is 6.20 Å². The van der Waals surface area contributed by atoms with E-state index in [0.717, 1.165) is 5.56 Å². The van der Waals surface area contributed by atoms with Gasteiger partial charge < -0.3 is 0 Å². The molecule has 0 N–H and O–H groups in total. The van der Waals surface area contributed by atoms with Gasteiger partial charge in [-0.2, -0.15) is 5.10 Å². The number of aromatic nitrogens is 2. The van der Waals surface area contributed by atoms with Crippen LogP contribution in [0.1, 0.15) is 26.3 Å². The van der Waals surface area contributed by atoms with Crippen LogP contribution in [0.3, 0.4) is 0 Å². The van der Waals surface area contributed by atoms with Crippen molar-refractivity contribution in [1.29, 1.82) is 0 Å². The van der Waals surface area contributed by atoms with E-state index < -0.39 is 0 Å². The maximum atomic E-state index is 3.97. The molecule has 0 saturated carbocycles. The summed E-state index contributed by atoms with van der Waals surface area (Å²) < 4.78 is 1.78. The van der Waals surface area contributed by atoms with Gasteiger partial charge in [0, 0.05) is 18.8 Å². The molecule has 0 aliphatic carbocycles. The molecular weight excluding hydrogens is 124 g/mol. The number of hydrogen-bond donors (Lipinski definition) is 0. The minimum absolute atomic E-state index is 0.175. The van der Waals surface area contributed by atoms with Gasteiger partial charge in [-0.1, -0.05) is 20.8 Å². The Labute approximate surface area is 61.9 Å². The summed E-state index contributed by atoms with van der Waals surface area (Å²) in [5, 5.41) is 3.97. The van der Waals surface area contributed by atoms with Crippen LogP contribution in [0, 0.1) is 6.20 Å². The molecule has 0 atom stereocenters. The van der Waals surface area contributed by atoms with Crippen LogP contribution >= 0.6 is 0 Å². The van der Waals surface area contributed by atoms with Crippen molar-refractivity contribution in [3.8, 4) is 0 Å². The van der Waals surface area contributed by atoms with Crippen LogP contribution in [0.4, 0.5) is 0 Å². The predicted octanol–water partition coefficient (Wildman–Crippen LogP) is 1.52. The molecule has 0 aliphatic rings. The zero-order chi connectivity index (χ0) is 7.78. The SMILES string of the molecule is Cn1cc(C(C)(C)C)[c]n1. The Hall–Kier alpha value is -0.790. The number of rotatable bonds is 0. The monoisotopic (exact) mass is 137 g/mol. The smallest absolute Gasteiger partial charge is 0.117 e. The fourth-order valence-corrected chi connectivity index (χ4v) is 0.739. The third-order valence-electron chi connectivity index (χ3n) is 1.45. The quantitative estimate of drug-likeness (QED) is 0.530. The first-order valence-electron chi connectivity index (χ1n) is 3.42. The molecule has 2 nitrogen and oxygen atoms in total. The van der Waals surface area contributed by atoms with Gasteiger partial charge in [-0.15, -0.1) is 0 Å². The van der Waals surface area contributed by atoms with Crippen LogP contribution in [0.5, 0.6) is 0 Å². The van der Waals surface area contributed by atoms with Crippen molar-refractivity contribution < 1.29 is 0 Å². The topological polar surface area (TPSA) is 17.8 Å². The van der Waals surface area contributed by atoms with Crippen molar-refractivity contribution in [1.82, 2.24) is 9.78 Å².